The first-order chi connectivity index (χ1) is 8.13. The molecule has 0 saturated carbocycles. The molecular formula is C13H16N2O2. The summed E-state index contributed by atoms with van der Waals surface area (Å²) in [6.45, 7) is 3.35. The van der Waals surface area contributed by atoms with Crippen LogP contribution in [-0.2, 0) is 6.54 Å². The summed E-state index contributed by atoms with van der Waals surface area (Å²) in [5.41, 5.74) is 7.72. The molecule has 2 aromatic rings. The fourth-order valence-electron chi connectivity index (χ4n) is 2.03. The number of aromatic nitrogens is 1. The van der Waals surface area contributed by atoms with Crippen LogP contribution in [0, 0.1) is 6.92 Å². The summed E-state index contributed by atoms with van der Waals surface area (Å²) in [7, 11) is 0. The van der Waals surface area contributed by atoms with E-state index in [9.17, 15) is 4.79 Å². The van der Waals surface area contributed by atoms with Crippen LogP contribution in [0.5, 0.6) is 0 Å². The number of rotatable bonds is 4. The second-order valence-electron chi connectivity index (χ2n) is 4.18. The van der Waals surface area contributed by atoms with Gasteiger partial charge in [0.25, 0.3) is 0 Å². The maximum atomic E-state index is 11.0. The summed E-state index contributed by atoms with van der Waals surface area (Å²) in [4.78, 5) is 11.0. The van der Waals surface area contributed by atoms with Crippen LogP contribution in [0.2, 0.25) is 0 Å². The van der Waals surface area contributed by atoms with Gasteiger partial charge in [-0.3, -0.25) is 0 Å². The van der Waals surface area contributed by atoms with Gasteiger partial charge in [-0.25, -0.2) is 4.79 Å². The highest BCUT2D eigenvalue weighted by molar-refractivity contribution is 5.95. The van der Waals surface area contributed by atoms with Crippen molar-refractivity contribution < 1.29 is 9.90 Å². The van der Waals surface area contributed by atoms with Gasteiger partial charge < -0.3 is 15.4 Å². The maximum absolute atomic E-state index is 11.0. The Kier molecular flexibility index (Phi) is 3.15. The van der Waals surface area contributed by atoms with Gasteiger partial charge in [0.2, 0.25) is 0 Å². The van der Waals surface area contributed by atoms with Gasteiger partial charge in [0.05, 0.1) is 5.56 Å². The predicted octanol–water partition coefficient (Wildman–Crippen LogP) is 2.00. The van der Waals surface area contributed by atoms with Crippen LogP contribution in [0.3, 0.4) is 0 Å². The second kappa shape index (κ2) is 4.59. The van der Waals surface area contributed by atoms with E-state index < -0.39 is 5.97 Å². The van der Waals surface area contributed by atoms with E-state index in [4.69, 9.17) is 10.8 Å². The zero-order chi connectivity index (χ0) is 12.4. The summed E-state index contributed by atoms with van der Waals surface area (Å²) < 4.78 is 2.11. The number of aryl methyl sites for hydroxylation is 2. The molecule has 90 valence electrons. The smallest absolute Gasteiger partial charge is 0.335 e. The van der Waals surface area contributed by atoms with Gasteiger partial charge in [0.1, 0.15) is 0 Å². The van der Waals surface area contributed by atoms with E-state index in [1.54, 1.807) is 6.07 Å². The predicted molar refractivity (Wildman–Crippen MR) is 67.3 cm³/mol. The summed E-state index contributed by atoms with van der Waals surface area (Å²) >= 11 is 0. The molecule has 0 saturated heterocycles. The van der Waals surface area contributed by atoms with Crippen molar-refractivity contribution in [3.63, 3.8) is 0 Å². The van der Waals surface area contributed by atoms with Crippen LogP contribution in [-0.4, -0.2) is 22.2 Å². The van der Waals surface area contributed by atoms with Crippen LogP contribution in [0.15, 0.2) is 24.4 Å². The number of carboxylic acid groups (broad SMARTS) is 1. The van der Waals surface area contributed by atoms with Gasteiger partial charge in [0, 0.05) is 23.6 Å². The van der Waals surface area contributed by atoms with Crippen LogP contribution >= 0.6 is 0 Å². The van der Waals surface area contributed by atoms with E-state index in [0.717, 1.165) is 29.4 Å². The van der Waals surface area contributed by atoms with Gasteiger partial charge >= 0.3 is 5.97 Å². The van der Waals surface area contributed by atoms with Gasteiger partial charge in [-0.2, -0.15) is 0 Å². The summed E-state index contributed by atoms with van der Waals surface area (Å²) in [6, 6.07) is 5.60. The molecule has 0 aliphatic heterocycles. The van der Waals surface area contributed by atoms with Crippen molar-refractivity contribution in [2.24, 2.45) is 5.73 Å². The number of nitrogens with two attached hydrogens (primary N) is 1. The molecule has 1 aromatic heterocycles. The molecule has 0 atom stereocenters. The molecule has 1 heterocycles. The normalized spacial score (nSPS) is 10.9. The van der Waals surface area contributed by atoms with Crippen LogP contribution < -0.4 is 5.73 Å². The molecule has 0 amide bonds. The molecule has 4 nitrogen and oxygen atoms in total. The molecule has 2 rings (SSSR count). The van der Waals surface area contributed by atoms with Gasteiger partial charge in [-0.05, 0) is 43.7 Å². The number of hydrogen-bond acceptors (Lipinski definition) is 2. The third-order valence-electron chi connectivity index (χ3n) is 2.95. The van der Waals surface area contributed by atoms with Crippen molar-refractivity contribution in [3.8, 4) is 0 Å². The molecule has 0 radical (unpaired) electrons. The minimum atomic E-state index is -0.876. The highest BCUT2D eigenvalue weighted by atomic mass is 16.4. The van der Waals surface area contributed by atoms with Gasteiger partial charge in [-0.15, -0.1) is 0 Å². The number of fused-ring (bicyclic) bond motifs is 1. The molecule has 4 heteroatoms. The Balaban J connectivity index is 2.48. The van der Waals surface area contributed by atoms with E-state index in [2.05, 4.69) is 4.57 Å². The monoisotopic (exact) mass is 232 g/mol. The number of nitrogens with zero attached hydrogens (tertiary/aromatic N) is 1. The molecule has 0 spiro atoms. The Morgan fingerprint density at radius 1 is 1.47 bits per heavy atom. The van der Waals surface area contributed by atoms with E-state index in [-0.39, 0.29) is 0 Å². The third kappa shape index (κ3) is 2.17. The molecule has 17 heavy (non-hydrogen) atoms. The number of carboxylic acids is 1. The zero-order valence-electron chi connectivity index (χ0n) is 9.81. The molecule has 0 bridgehead atoms. The fraction of sp³-hybridized carbons (Fsp3) is 0.308. The number of carbonyl (C=O) groups is 1. The summed E-state index contributed by atoms with van der Waals surface area (Å²) in [5.74, 6) is -0.876. The Hall–Kier alpha value is -1.81. The molecule has 0 aliphatic carbocycles. The minimum Gasteiger partial charge on any atom is -0.478 e. The molecule has 1 aromatic carbocycles. The number of benzene rings is 1. The van der Waals surface area contributed by atoms with Crippen molar-refractivity contribution in [2.45, 2.75) is 19.9 Å². The van der Waals surface area contributed by atoms with Gasteiger partial charge in [0.15, 0.2) is 0 Å². The number of aromatic carboxylic acids is 1. The van der Waals surface area contributed by atoms with Crippen molar-refractivity contribution >= 4 is 16.9 Å². The minimum absolute atomic E-state index is 0.370. The standard InChI is InChI=1S/C13H16N2O2/c1-9-7-12-10(8-11(9)13(16)17)3-6-15(12)5-2-4-14/h3,6-8H,2,4-5,14H2,1H3,(H,16,17). The lowest BCUT2D eigenvalue weighted by Gasteiger charge is -2.06. The van der Waals surface area contributed by atoms with Crippen molar-refractivity contribution in [1.29, 1.82) is 0 Å². The topological polar surface area (TPSA) is 68.2 Å². The Morgan fingerprint density at radius 2 is 2.24 bits per heavy atom. The zero-order valence-corrected chi connectivity index (χ0v) is 9.81. The van der Waals surface area contributed by atoms with Crippen molar-refractivity contribution in [2.75, 3.05) is 6.54 Å². The van der Waals surface area contributed by atoms with Crippen molar-refractivity contribution in [1.82, 2.24) is 4.57 Å². The first kappa shape index (κ1) is 11.7. The average Bonchev–Trinajstić information content (AvgIpc) is 2.67. The van der Waals surface area contributed by atoms with E-state index in [1.807, 2.05) is 25.3 Å². The Bertz CT molecular complexity index is 558. The lowest BCUT2D eigenvalue weighted by molar-refractivity contribution is 0.0696. The molecular weight excluding hydrogens is 216 g/mol. The number of hydrogen-bond donors (Lipinski definition) is 2. The Labute approximate surface area is 99.7 Å². The first-order valence-corrected chi connectivity index (χ1v) is 5.66. The quantitative estimate of drug-likeness (QED) is 0.847. The highest BCUT2D eigenvalue weighted by Gasteiger charge is 2.10. The lowest BCUT2D eigenvalue weighted by Crippen LogP contribution is -2.05. The van der Waals surface area contributed by atoms with E-state index >= 15 is 0 Å². The van der Waals surface area contributed by atoms with Crippen molar-refractivity contribution in [3.05, 3.63) is 35.5 Å². The highest BCUT2D eigenvalue weighted by Crippen LogP contribution is 2.21. The third-order valence-corrected chi connectivity index (χ3v) is 2.95. The first-order valence-electron chi connectivity index (χ1n) is 5.66. The van der Waals surface area contributed by atoms with E-state index in [1.165, 1.54) is 0 Å². The summed E-state index contributed by atoms with van der Waals surface area (Å²) in [6.07, 6.45) is 2.90. The van der Waals surface area contributed by atoms with Crippen LogP contribution in [0.4, 0.5) is 0 Å². The molecule has 0 fully saturated rings. The average molecular weight is 232 g/mol. The maximum Gasteiger partial charge on any atom is 0.335 e. The van der Waals surface area contributed by atoms with Crippen LogP contribution in [0.1, 0.15) is 22.3 Å². The second-order valence-corrected chi connectivity index (χ2v) is 4.18. The molecule has 0 aliphatic rings. The van der Waals surface area contributed by atoms with Crippen LogP contribution in [0.25, 0.3) is 10.9 Å². The molecule has 0 unspecified atom stereocenters. The Morgan fingerprint density at radius 3 is 2.88 bits per heavy atom. The SMILES string of the molecule is Cc1cc2c(ccn2CCCN)cc1C(=O)O. The lowest BCUT2D eigenvalue weighted by atomic mass is 10.1. The van der Waals surface area contributed by atoms with E-state index in [0.29, 0.717) is 12.1 Å². The largest absolute Gasteiger partial charge is 0.478 e. The fourth-order valence-corrected chi connectivity index (χ4v) is 2.03. The molecule has 3 N–H and O–H groups in total. The van der Waals surface area contributed by atoms with Gasteiger partial charge in [-0.1, -0.05) is 0 Å². The summed E-state index contributed by atoms with van der Waals surface area (Å²) in [5, 5.41) is 10.0.